The first-order valence-corrected chi connectivity index (χ1v) is 13.2. The fraction of sp³-hybridized carbons (Fsp3) is 0.550. The molecule has 2 atom stereocenters. The number of nitrogens with one attached hydrogen (secondary N) is 1. The molecule has 5 heterocycles. The molecule has 0 unspecified atom stereocenters. The van der Waals surface area contributed by atoms with E-state index in [1.165, 1.54) is 12.4 Å². The number of rotatable bonds is 6. The average Bonchev–Trinajstić information content (AvgIpc) is 3.26. The van der Waals surface area contributed by atoms with E-state index >= 15 is 0 Å². The van der Waals surface area contributed by atoms with Crippen LogP contribution in [0.2, 0.25) is 0 Å². The van der Waals surface area contributed by atoms with E-state index < -0.39 is 27.0 Å². The average molecular weight is 513 g/mol. The van der Waals surface area contributed by atoms with Gasteiger partial charge >= 0.3 is 0 Å². The van der Waals surface area contributed by atoms with Crippen molar-refractivity contribution in [3.05, 3.63) is 23.5 Å². The molecule has 3 aromatic heterocycles. The van der Waals surface area contributed by atoms with E-state index in [4.69, 9.17) is 9.47 Å². The molecule has 182 valence electrons. The van der Waals surface area contributed by atoms with Crippen LogP contribution in [0.25, 0.3) is 16.3 Å². The van der Waals surface area contributed by atoms with Crippen molar-refractivity contribution in [2.24, 2.45) is 0 Å². The highest BCUT2D eigenvalue weighted by Crippen LogP contribution is 2.38. The SMILES string of the molecule is CC1(NS(=O)(=O)c2cc(N3CCO[C@@H]4COC[C@H]43)c3ncc(-c4nnc(C(F)F)s4)n3c2)CC1. The second-order valence-electron chi connectivity index (χ2n) is 9.02. The lowest BCUT2D eigenvalue weighted by atomic mass is 10.1. The molecule has 2 aliphatic heterocycles. The highest BCUT2D eigenvalue weighted by atomic mass is 32.2. The molecule has 1 aliphatic carbocycles. The molecular weight excluding hydrogens is 490 g/mol. The summed E-state index contributed by atoms with van der Waals surface area (Å²) >= 11 is 0.752. The molecule has 0 radical (unpaired) electrons. The summed E-state index contributed by atoms with van der Waals surface area (Å²) in [5.41, 5.74) is 1.04. The number of ether oxygens (including phenoxy) is 2. The van der Waals surface area contributed by atoms with E-state index in [0.717, 1.165) is 24.2 Å². The van der Waals surface area contributed by atoms with Gasteiger partial charge in [0.25, 0.3) is 6.43 Å². The highest BCUT2D eigenvalue weighted by molar-refractivity contribution is 7.89. The van der Waals surface area contributed by atoms with Gasteiger partial charge in [-0.05, 0) is 25.8 Å². The fourth-order valence-corrected chi connectivity index (χ4v) is 6.59. The molecule has 3 fully saturated rings. The minimum Gasteiger partial charge on any atom is -0.376 e. The minimum atomic E-state index is -3.86. The Morgan fingerprint density at radius 2 is 2.12 bits per heavy atom. The summed E-state index contributed by atoms with van der Waals surface area (Å²) in [5.74, 6) is 0. The molecule has 0 amide bonds. The van der Waals surface area contributed by atoms with Crippen molar-refractivity contribution >= 4 is 32.7 Å². The Hall–Kier alpha value is -2.26. The molecule has 34 heavy (non-hydrogen) atoms. The van der Waals surface area contributed by atoms with Gasteiger partial charge in [0.2, 0.25) is 10.0 Å². The number of alkyl halides is 2. The van der Waals surface area contributed by atoms with Gasteiger partial charge in [0.05, 0.1) is 37.7 Å². The van der Waals surface area contributed by atoms with E-state index in [1.807, 2.05) is 6.92 Å². The third kappa shape index (κ3) is 3.77. The van der Waals surface area contributed by atoms with Crippen LogP contribution in [-0.4, -0.2) is 72.0 Å². The van der Waals surface area contributed by atoms with E-state index in [0.29, 0.717) is 43.4 Å². The van der Waals surface area contributed by atoms with Crippen LogP contribution in [0.4, 0.5) is 14.5 Å². The molecule has 3 aliphatic rings. The number of anilines is 1. The van der Waals surface area contributed by atoms with Crippen molar-refractivity contribution in [2.75, 3.05) is 31.3 Å². The Labute approximate surface area is 197 Å². The van der Waals surface area contributed by atoms with Crippen LogP contribution in [0, 0.1) is 0 Å². The van der Waals surface area contributed by atoms with E-state index in [9.17, 15) is 17.2 Å². The van der Waals surface area contributed by atoms with E-state index in [2.05, 4.69) is 24.8 Å². The number of nitrogens with zero attached hydrogens (tertiary/aromatic N) is 5. The van der Waals surface area contributed by atoms with Gasteiger partial charge < -0.3 is 14.4 Å². The highest BCUT2D eigenvalue weighted by Gasteiger charge is 2.42. The first-order chi connectivity index (χ1) is 16.2. The molecule has 0 spiro atoms. The lowest BCUT2D eigenvalue weighted by Crippen LogP contribution is -2.51. The van der Waals surface area contributed by atoms with E-state index in [1.54, 1.807) is 10.5 Å². The molecule has 3 aromatic rings. The summed E-state index contributed by atoms with van der Waals surface area (Å²) in [5, 5.41) is 7.29. The molecule has 10 nitrogen and oxygen atoms in total. The van der Waals surface area contributed by atoms with Gasteiger partial charge in [-0.3, -0.25) is 4.40 Å². The lowest BCUT2D eigenvalue weighted by Gasteiger charge is -2.38. The van der Waals surface area contributed by atoms with Crippen LogP contribution in [0.3, 0.4) is 0 Å². The Balaban J connectivity index is 1.51. The standard InChI is InChI=1S/C20H22F2N6O4S2/c1-20(2-3-20)26-34(29,30)11-6-12(27-4-5-32-15-10-31-9-14(15)27)17-23-7-13(28(17)8-11)18-24-25-19(33-18)16(21)22/h6-8,14-16,26H,2-5,9-10H2,1H3/t14-,15-/m1/s1. The van der Waals surface area contributed by atoms with E-state index in [-0.39, 0.29) is 22.0 Å². The van der Waals surface area contributed by atoms with Crippen molar-refractivity contribution in [1.82, 2.24) is 24.3 Å². The number of morpholine rings is 1. The Morgan fingerprint density at radius 1 is 1.29 bits per heavy atom. The Kier molecular flexibility index (Phi) is 5.15. The number of sulfonamides is 1. The Bertz CT molecular complexity index is 1360. The molecule has 14 heteroatoms. The lowest BCUT2D eigenvalue weighted by molar-refractivity contribution is 0.0225. The van der Waals surface area contributed by atoms with Gasteiger partial charge in [0.15, 0.2) is 15.7 Å². The molecule has 0 aromatic carbocycles. The molecular formula is C20H22F2N6O4S2. The van der Waals surface area contributed by atoms with Crippen molar-refractivity contribution in [2.45, 2.75) is 48.8 Å². The zero-order valence-corrected chi connectivity index (χ0v) is 19.8. The third-order valence-electron chi connectivity index (χ3n) is 6.47. The van der Waals surface area contributed by atoms with Gasteiger partial charge in [0, 0.05) is 18.3 Å². The zero-order chi connectivity index (χ0) is 23.7. The maximum absolute atomic E-state index is 13.3. The summed E-state index contributed by atoms with van der Waals surface area (Å²) < 4.78 is 68.7. The second-order valence-corrected chi connectivity index (χ2v) is 11.7. The number of pyridine rings is 1. The van der Waals surface area contributed by atoms with Crippen molar-refractivity contribution in [3.63, 3.8) is 0 Å². The second kappa shape index (κ2) is 7.88. The van der Waals surface area contributed by atoms with Crippen LogP contribution < -0.4 is 9.62 Å². The predicted molar refractivity (Wildman–Crippen MR) is 119 cm³/mol. The molecule has 1 saturated carbocycles. The van der Waals surface area contributed by atoms with Crippen LogP contribution >= 0.6 is 11.3 Å². The van der Waals surface area contributed by atoms with Crippen LogP contribution in [0.5, 0.6) is 0 Å². The van der Waals surface area contributed by atoms with Crippen LogP contribution in [-0.2, 0) is 19.5 Å². The van der Waals surface area contributed by atoms with Crippen LogP contribution in [0.1, 0.15) is 31.2 Å². The maximum atomic E-state index is 13.3. The van der Waals surface area contributed by atoms with Gasteiger partial charge in [-0.15, -0.1) is 10.2 Å². The van der Waals surface area contributed by atoms with Crippen LogP contribution in [0.15, 0.2) is 23.4 Å². The maximum Gasteiger partial charge on any atom is 0.291 e. The van der Waals surface area contributed by atoms with Gasteiger partial charge in [-0.2, -0.15) is 0 Å². The molecule has 0 bridgehead atoms. The molecule has 6 rings (SSSR count). The fourth-order valence-electron chi connectivity index (χ4n) is 4.40. The normalized spacial score (nSPS) is 24.2. The summed E-state index contributed by atoms with van der Waals surface area (Å²) in [6.45, 7) is 3.78. The van der Waals surface area contributed by atoms with Gasteiger partial charge in [-0.1, -0.05) is 11.3 Å². The zero-order valence-electron chi connectivity index (χ0n) is 18.1. The molecule has 2 saturated heterocycles. The number of imidazole rings is 1. The first-order valence-electron chi connectivity index (χ1n) is 10.9. The predicted octanol–water partition coefficient (Wildman–Crippen LogP) is 2.23. The smallest absolute Gasteiger partial charge is 0.291 e. The number of hydrogen-bond donors (Lipinski definition) is 1. The first kappa shape index (κ1) is 22.2. The number of hydrogen-bond acceptors (Lipinski definition) is 9. The largest absolute Gasteiger partial charge is 0.376 e. The third-order valence-corrected chi connectivity index (χ3v) is 9.03. The summed E-state index contributed by atoms with van der Waals surface area (Å²) in [6, 6.07) is 1.53. The number of halogens is 2. The summed E-state index contributed by atoms with van der Waals surface area (Å²) in [6.07, 6.45) is 1.63. The monoisotopic (exact) mass is 512 g/mol. The van der Waals surface area contributed by atoms with Crippen molar-refractivity contribution in [1.29, 1.82) is 0 Å². The summed E-state index contributed by atoms with van der Waals surface area (Å²) in [7, 11) is -3.86. The van der Waals surface area contributed by atoms with Gasteiger partial charge in [0.1, 0.15) is 16.7 Å². The number of fused-ring (bicyclic) bond motifs is 2. The van der Waals surface area contributed by atoms with Gasteiger partial charge in [-0.25, -0.2) is 26.9 Å². The molecule has 1 N–H and O–H groups in total. The van der Waals surface area contributed by atoms with Crippen molar-refractivity contribution in [3.8, 4) is 10.7 Å². The Morgan fingerprint density at radius 3 is 2.85 bits per heavy atom. The number of aromatic nitrogens is 4. The topological polar surface area (TPSA) is 111 Å². The van der Waals surface area contributed by atoms with Crippen molar-refractivity contribution < 1.29 is 26.7 Å². The quantitative estimate of drug-likeness (QED) is 0.535. The minimum absolute atomic E-state index is 0.0583. The summed E-state index contributed by atoms with van der Waals surface area (Å²) in [4.78, 5) is 6.65.